The van der Waals surface area contributed by atoms with E-state index in [2.05, 4.69) is 15.1 Å². The van der Waals surface area contributed by atoms with E-state index in [1.165, 1.54) is 12.3 Å². The quantitative estimate of drug-likeness (QED) is 0.725. The first-order chi connectivity index (χ1) is 11.2. The van der Waals surface area contributed by atoms with Crippen molar-refractivity contribution < 1.29 is 9.13 Å². The maximum absolute atomic E-state index is 13.4. The first-order valence-corrected chi connectivity index (χ1v) is 7.80. The number of pyridine rings is 2. The van der Waals surface area contributed by atoms with Crippen LogP contribution in [0.15, 0.2) is 30.7 Å². The molecule has 23 heavy (non-hydrogen) atoms. The minimum Gasteiger partial charge on any atom is -0.356 e. The Morgan fingerprint density at radius 3 is 2.91 bits per heavy atom. The summed E-state index contributed by atoms with van der Waals surface area (Å²) < 4.78 is 21.1. The van der Waals surface area contributed by atoms with Crippen LogP contribution >= 0.6 is 0 Å². The van der Waals surface area contributed by atoms with Crippen molar-refractivity contribution >= 4 is 10.9 Å². The number of hydrogen-bond donors (Lipinski definition) is 0. The Balaban J connectivity index is 1.79. The van der Waals surface area contributed by atoms with Crippen molar-refractivity contribution in [1.29, 1.82) is 0 Å². The minimum atomic E-state index is -0.368. The number of aromatic nitrogens is 4. The zero-order valence-corrected chi connectivity index (χ0v) is 12.9. The lowest BCUT2D eigenvalue weighted by molar-refractivity contribution is -0.0368. The van der Waals surface area contributed by atoms with Gasteiger partial charge in [0.25, 0.3) is 0 Å². The van der Waals surface area contributed by atoms with Crippen LogP contribution in [0.25, 0.3) is 22.2 Å². The predicted octanol–water partition coefficient (Wildman–Crippen LogP) is 3.64. The highest BCUT2D eigenvalue weighted by Crippen LogP contribution is 2.29. The van der Waals surface area contributed by atoms with Crippen molar-refractivity contribution in [2.24, 2.45) is 0 Å². The summed E-state index contributed by atoms with van der Waals surface area (Å²) in [4.78, 5) is 8.35. The third-order valence-corrected chi connectivity index (χ3v) is 4.21. The molecule has 4 rings (SSSR count). The van der Waals surface area contributed by atoms with Gasteiger partial charge in [-0.15, -0.1) is 0 Å². The van der Waals surface area contributed by atoms with Crippen LogP contribution < -0.4 is 0 Å². The second kappa shape index (κ2) is 5.70. The Morgan fingerprint density at radius 1 is 1.22 bits per heavy atom. The summed E-state index contributed by atoms with van der Waals surface area (Å²) in [6, 6.07) is 3.37. The standard InChI is InChI=1S/C17H17FN4O/c1-11-14-7-15(12-6-13(18)9-19-8-12)20-10-16(14)22(21-11)17-4-2-3-5-23-17/h6-10,17H,2-5H2,1H3. The molecule has 6 heteroatoms. The molecule has 4 heterocycles. The zero-order chi connectivity index (χ0) is 15.8. The lowest BCUT2D eigenvalue weighted by atomic mass is 10.1. The molecule has 1 unspecified atom stereocenters. The van der Waals surface area contributed by atoms with Crippen molar-refractivity contribution in [3.63, 3.8) is 0 Å². The molecule has 0 bridgehead atoms. The molecular formula is C17H17FN4O. The van der Waals surface area contributed by atoms with Crippen LogP contribution in [-0.2, 0) is 4.74 Å². The monoisotopic (exact) mass is 312 g/mol. The molecule has 0 spiro atoms. The van der Waals surface area contributed by atoms with Crippen LogP contribution in [0, 0.1) is 12.7 Å². The van der Waals surface area contributed by atoms with Gasteiger partial charge in [-0.1, -0.05) is 0 Å². The fourth-order valence-electron chi connectivity index (χ4n) is 3.04. The van der Waals surface area contributed by atoms with E-state index in [4.69, 9.17) is 4.74 Å². The number of hydrogen-bond acceptors (Lipinski definition) is 4. The fourth-order valence-corrected chi connectivity index (χ4v) is 3.04. The van der Waals surface area contributed by atoms with Crippen molar-refractivity contribution in [1.82, 2.24) is 19.7 Å². The van der Waals surface area contributed by atoms with Crippen LogP contribution in [0.4, 0.5) is 4.39 Å². The van der Waals surface area contributed by atoms with Crippen LogP contribution in [0.1, 0.15) is 31.2 Å². The van der Waals surface area contributed by atoms with Gasteiger partial charge in [0.15, 0.2) is 6.23 Å². The SMILES string of the molecule is Cc1nn(C2CCCCO2)c2cnc(-c3cncc(F)c3)cc12. The topological polar surface area (TPSA) is 52.8 Å². The molecule has 1 saturated heterocycles. The Kier molecular flexibility index (Phi) is 3.53. The van der Waals surface area contributed by atoms with Crippen molar-refractivity contribution in [3.05, 3.63) is 42.2 Å². The molecule has 1 aliphatic heterocycles. The molecule has 0 amide bonds. The minimum absolute atomic E-state index is 0.0246. The summed E-state index contributed by atoms with van der Waals surface area (Å²) in [5.41, 5.74) is 3.22. The second-order valence-corrected chi connectivity index (χ2v) is 5.83. The fraction of sp³-hybridized carbons (Fsp3) is 0.353. The molecule has 3 aromatic heterocycles. The highest BCUT2D eigenvalue weighted by Gasteiger charge is 2.20. The second-order valence-electron chi connectivity index (χ2n) is 5.83. The molecule has 1 atom stereocenters. The van der Waals surface area contributed by atoms with Crippen molar-refractivity contribution in [2.75, 3.05) is 6.61 Å². The summed E-state index contributed by atoms with van der Waals surface area (Å²) >= 11 is 0. The summed E-state index contributed by atoms with van der Waals surface area (Å²) in [5, 5.41) is 5.64. The average Bonchev–Trinajstić information content (AvgIpc) is 2.92. The van der Waals surface area contributed by atoms with Gasteiger partial charge in [0.05, 0.1) is 29.3 Å². The highest BCUT2D eigenvalue weighted by molar-refractivity contribution is 5.84. The van der Waals surface area contributed by atoms with Crippen molar-refractivity contribution in [3.8, 4) is 11.3 Å². The van der Waals surface area contributed by atoms with E-state index in [1.54, 1.807) is 12.4 Å². The molecule has 0 radical (unpaired) electrons. The van der Waals surface area contributed by atoms with E-state index in [-0.39, 0.29) is 12.0 Å². The van der Waals surface area contributed by atoms with Crippen LogP contribution in [-0.4, -0.2) is 26.4 Å². The Morgan fingerprint density at radius 2 is 2.13 bits per heavy atom. The summed E-state index contributed by atoms with van der Waals surface area (Å²) in [5.74, 6) is -0.368. The van der Waals surface area contributed by atoms with Crippen LogP contribution in [0.2, 0.25) is 0 Å². The molecule has 1 aliphatic rings. The summed E-state index contributed by atoms with van der Waals surface area (Å²) in [6.07, 6.45) is 7.77. The van der Waals surface area contributed by atoms with Gasteiger partial charge in [-0.05, 0) is 38.3 Å². The van der Waals surface area contributed by atoms with Crippen LogP contribution in [0.3, 0.4) is 0 Å². The summed E-state index contributed by atoms with van der Waals surface area (Å²) in [6.45, 7) is 2.74. The van der Waals surface area contributed by atoms with E-state index >= 15 is 0 Å². The van der Waals surface area contributed by atoms with Gasteiger partial charge < -0.3 is 4.74 Å². The first-order valence-electron chi connectivity index (χ1n) is 7.80. The first kappa shape index (κ1) is 14.3. The number of fused-ring (bicyclic) bond motifs is 1. The number of ether oxygens (including phenoxy) is 1. The largest absolute Gasteiger partial charge is 0.356 e. The van der Waals surface area contributed by atoms with Gasteiger partial charge in [0.2, 0.25) is 0 Å². The average molecular weight is 312 g/mol. The van der Waals surface area contributed by atoms with Gasteiger partial charge >= 0.3 is 0 Å². The smallest absolute Gasteiger partial charge is 0.150 e. The van der Waals surface area contributed by atoms with Crippen molar-refractivity contribution in [2.45, 2.75) is 32.4 Å². The third kappa shape index (κ3) is 2.59. The van der Waals surface area contributed by atoms with Gasteiger partial charge in [-0.3, -0.25) is 9.97 Å². The highest BCUT2D eigenvalue weighted by atomic mass is 19.1. The Hall–Kier alpha value is -2.34. The molecule has 0 saturated carbocycles. The number of nitrogens with zero attached hydrogens (tertiary/aromatic N) is 4. The van der Waals surface area contributed by atoms with E-state index in [0.29, 0.717) is 11.3 Å². The molecule has 118 valence electrons. The van der Waals surface area contributed by atoms with E-state index in [0.717, 1.165) is 42.5 Å². The molecule has 0 aromatic carbocycles. The molecule has 3 aromatic rings. The molecule has 5 nitrogen and oxygen atoms in total. The Bertz CT molecular complexity index is 855. The van der Waals surface area contributed by atoms with E-state index in [9.17, 15) is 4.39 Å². The van der Waals surface area contributed by atoms with Gasteiger partial charge in [0.1, 0.15) is 5.82 Å². The molecule has 0 N–H and O–H groups in total. The van der Waals surface area contributed by atoms with Gasteiger partial charge in [0, 0.05) is 23.8 Å². The van der Waals surface area contributed by atoms with E-state index < -0.39 is 0 Å². The lowest BCUT2D eigenvalue weighted by Gasteiger charge is -2.23. The van der Waals surface area contributed by atoms with Crippen LogP contribution in [0.5, 0.6) is 0 Å². The maximum Gasteiger partial charge on any atom is 0.150 e. The van der Waals surface area contributed by atoms with Gasteiger partial charge in [-0.2, -0.15) is 5.10 Å². The summed E-state index contributed by atoms with van der Waals surface area (Å²) in [7, 11) is 0. The number of aryl methyl sites for hydroxylation is 1. The van der Waals surface area contributed by atoms with E-state index in [1.807, 2.05) is 17.7 Å². The Labute approximate surface area is 133 Å². The lowest BCUT2D eigenvalue weighted by Crippen LogP contribution is -2.19. The number of halogens is 1. The number of rotatable bonds is 2. The van der Waals surface area contributed by atoms with Gasteiger partial charge in [-0.25, -0.2) is 9.07 Å². The molecular weight excluding hydrogens is 295 g/mol. The molecule has 0 aliphatic carbocycles. The zero-order valence-electron chi connectivity index (χ0n) is 12.9. The maximum atomic E-state index is 13.4. The normalized spacial score (nSPS) is 18.4. The third-order valence-electron chi connectivity index (χ3n) is 4.21. The molecule has 1 fully saturated rings. The predicted molar refractivity (Wildman–Crippen MR) is 84.3 cm³/mol.